The van der Waals surface area contributed by atoms with E-state index < -0.39 is 46.8 Å². The number of non-ortho nitro benzene ring substituents is 1. The second kappa shape index (κ2) is 9.34. The first-order chi connectivity index (χ1) is 16.2. The van der Waals surface area contributed by atoms with Crippen molar-refractivity contribution in [2.45, 2.75) is 26.2 Å². The second-order valence-electron chi connectivity index (χ2n) is 8.72. The zero-order valence-corrected chi connectivity index (χ0v) is 19.1. The fourth-order valence-corrected chi connectivity index (χ4v) is 4.71. The molecule has 10 heteroatoms. The molecule has 3 atom stereocenters. The van der Waals surface area contributed by atoms with Gasteiger partial charge in [-0.2, -0.15) is 5.01 Å². The molecule has 2 aromatic rings. The summed E-state index contributed by atoms with van der Waals surface area (Å²) in [6, 6.07) is 10.8. The Morgan fingerprint density at radius 2 is 1.59 bits per heavy atom. The van der Waals surface area contributed by atoms with E-state index in [1.807, 2.05) is 6.92 Å². The summed E-state index contributed by atoms with van der Waals surface area (Å²) in [7, 11) is 0. The number of ketones is 1. The van der Waals surface area contributed by atoms with E-state index in [9.17, 15) is 29.3 Å². The molecule has 0 radical (unpaired) electrons. The molecular weight excluding hydrogens is 462 g/mol. The summed E-state index contributed by atoms with van der Waals surface area (Å²) in [5.74, 6) is -3.05. The molecule has 1 aliphatic carbocycles. The van der Waals surface area contributed by atoms with Gasteiger partial charge in [0, 0.05) is 28.3 Å². The number of nitrogens with zero attached hydrogens (tertiary/aromatic N) is 3. The Labute approximate surface area is 200 Å². The second-order valence-corrected chi connectivity index (χ2v) is 9.15. The van der Waals surface area contributed by atoms with Crippen molar-refractivity contribution in [3.8, 4) is 0 Å². The molecule has 0 spiro atoms. The Kier molecular flexibility index (Phi) is 6.47. The molecule has 2 aliphatic rings. The number of carbonyl (C=O) groups excluding carboxylic acids is 4. The van der Waals surface area contributed by atoms with Crippen LogP contribution in [-0.2, 0) is 9.59 Å². The topological polar surface area (TPSA) is 118 Å². The maximum absolute atomic E-state index is 13.4. The van der Waals surface area contributed by atoms with Gasteiger partial charge in [-0.1, -0.05) is 18.5 Å². The Hall–Kier alpha value is -3.59. The van der Waals surface area contributed by atoms with Crippen molar-refractivity contribution in [1.82, 2.24) is 10.0 Å². The van der Waals surface area contributed by atoms with Crippen molar-refractivity contribution >= 4 is 40.8 Å². The molecule has 34 heavy (non-hydrogen) atoms. The van der Waals surface area contributed by atoms with Gasteiger partial charge >= 0.3 is 0 Å². The zero-order chi connectivity index (χ0) is 24.6. The molecule has 0 N–H and O–H groups in total. The van der Waals surface area contributed by atoms with Crippen LogP contribution in [0.1, 0.15) is 46.9 Å². The highest BCUT2D eigenvalue weighted by Crippen LogP contribution is 2.41. The van der Waals surface area contributed by atoms with Gasteiger partial charge in [0.15, 0.2) is 5.78 Å². The molecular formula is C24H22ClN3O6. The van der Waals surface area contributed by atoms with Gasteiger partial charge in [-0.05, 0) is 61.6 Å². The first kappa shape index (κ1) is 23.6. The van der Waals surface area contributed by atoms with Crippen molar-refractivity contribution in [3.63, 3.8) is 0 Å². The van der Waals surface area contributed by atoms with Crippen LogP contribution in [0.5, 0.6) is 0 Å². The number of imide groups is 1. The third kappa shape index (κ3) is 4.43. The van der Waals surface area contributed by atoms with E-state index in [1.54, 1.807) is 0 Å². The summed E-state index contributed by atoms with van der Waals surface area (Å²) in [4.78, 5) is 63.3. The molecule has 1 saturated carbocycles. The Morgan fingerprint density at radius 1 is 1.00 bits per heavy atom. The van der Waals surface area contributed by atoms with Crippen LogP contribution in [0.15, 0.2) is 48.5 Å². The van der Waals surface area contributed by atoms with Crippen LogP contribution in [0.3, 0.4) is 0 Å². The molecule has 0 bridgehead atoms. The van der Waals surface area contributed by atoms with Crippen molar-refractivity contribution in [3.05, 3.63) is 74.8 Å². The van der Waals surface area contributed by atoms with Gasteiger partial charge in [0.05, 0.1) is 16.8 Å². The number of benzene rings is 2. The Morgan fingerprint density at radius 3 is 2.21 bits per heavy atom. The number of carbonyl (C=O) groups is 4. The number of hydrogen-bond acceptors (Lipinski definition) is 6. The van der Waals surface area contributed by atoms with E-state index in [1.165, 1.54) is 36.4 Å². The van der Waals surface area contributed by atoms with Gasteiger partial charge in [0.1, 0.15) is 6.54 Å². The molecule has 2 aromatic carbocycles. The van der Waals surface area contributed by atoms with Crippen molar-refractivity contribution in [2.24, 2.45) is 17.8 Å². The highest BCUT2D eigenvalue weighted by atomic mass is 35.5. The molecule has 176 valence electrons. The number of nitro benzene ring substituents is 1. The van der Waals surface area contributed by atoms with Crippen LogP contribution in [-0.4, -0.2) is 45.0 Å². The lowest BCUT2D eigenvalue weighted by molar-refractivity contribution is -0.384. The summed E-state index contributed by atoms with van der Waals surface area (Å²) in [5, 5.41) is 13.1. The molecule has 1 saturated heterocycles. The lowest BCUT2D eigenvalue weighted by Gasteiger charge is -2.30. The largest absolute Gasteiger partial charge is 0.292 e. The maximum atomic E-state index is 13.4. The summed E-state index contributed by atoms with van der Waals surface area (Å²) < 4.78 is 0. The first-order valence-corrected chi connectivity index (χ1v) is 11.3. The lowest BCUT2D eigenvalue weighted by atomic mass is 9.76. The lowest BCUT2D eigenvalue weighted by Crippen LogP contribution is -2.52. The van der Waals surface area contributed by atoms with E-state index in [-0.39, 0.29) is 22.7 Å². The maximum Gasteiger partial charge on any atom is 0.273 e. The minimum absolute atomic E-state index is 0.0124. The van der Waals surface area contributed by atoms with E-state index in [0.717, 1.165) is 28.6 Å². The fourth-order valence-electron chi connectivity index (χ4n) is 4.58. The Bertz CT molecular complexity index is 1160. The van der Waals surface area contributed by atoms with Crippen LogP contribution in [0.4, 0.5) is 5.69 Å². The molecule has 2 fully saturated rings. The van der Waals surface area contributed by atoms with Crippen LogP contribution in [0, 0.1) is 27.9 Å². The summed E-state index contributed by atoms with van der Waals surface area (Å²) >= 11 is 5.89. The molecule has 0 unspecified atom stereocenters. The molecule has 1 aliphatic heterocycles. The van der Waals surface area contributed by atoms with Crippen LogP contribution < -0.4 is 0 Å². The third-order valence-corrected chi connectivity index (χ3v) is 6.68. The number of amides is 3. The molecule has 9 nitrogen and oxygen atoms in total. The fraction of sp³-hybridized carbons (Fsp3) is 0.333. The first-order valence-electron chi connectivity index (χ1n) is 10.9. The smallest absolute Gasteiger partial charge is 0.273 e. The summed E-state index contributed by atoms with van der Waals surface area (Å²) in [5.41, 5.74) is 0.0584. The van der Waals surface area contributed by atoms with E-state index in [4.69, 9.17) is 11.6 Å². The quantitative estimate of drug-likeness (QED) is 0.266. The monoisotopic (exact) mass is 483 g/mol. The average molecular weight is 484 g/mol. The van der Waals surface area contributed by atoms with Crippen molar-refractivity contribution in [1.29, 1.82) is 0 Å². The number of Topliss-reactive ketones (excluding diaryl/α,β-unsaturated/α-hetero) is 1. The van der Waals surface area contributed by atoms with E-state index >= 15 is 0 Å². The predicted octanol–water partition coefficient (Wildman–Crippen LogP) is 3.91. The van der Waals surface area contributed by atoms with Gasteiger partial charge in [0.2, 0.25) is 0 Å². The third-order valence-electron chi connectivity index (χ3n) is 6.42. The number of fused-ring (bicyclic) bond motifs is 1. The number of nitro groups is 1. The Balaban J connectivity index is 1.68. The van der Waals surface area contributed by atoms with Crippen LogP contribution >= 0.6 is 11.6 Å². The number of hydrogen-bond donors (Lipinski definition) is 0. The summed E-state index contributed by atoms with van der Waals surface area (Å²) in [6.45, 7) is 1.46. The van der Waals surface area contributed by atoms with Gasteiger partial charge in [-0.15, -0.1) is 0 Å². The van der Waals surface area contributed by atoms with Gasteiger partial charge in [-0.3, -0.25) is 29.3 Å². The highest BCUT2D eigenvalue weighted by Gasteiger charge is 2.52. The minimum atomic E-state index is -0.773. The van der Waals surface area contributed by atoms with Crippen LogP contribution in [0.2, 0.25) is 5.02 Å². The molecule has 3 amide bonds. The van der Waals surface area contributed by atoms with Gasteiger partial charge < -0.3 is 0 Å². The summed E-state index contributed by atoms with van der Waals surface area (Å²) in [6.07, 6.45) is 1.88. The highest BCUT2D eigenvalue weighted by molar-refractivity contribution is 6.30. The normalized spacial score (nSPS) is 21.8. The van der Waals surface area contributed by atoms with Crippen LogP contribution in [0.25, 0.3) is 0 Å². The molecule has 4 rings (SSSR count). The van der Waals surface area contributed by atoms with E-state index in [0.29, 0.717) is 17.9 Å². The van der Waals surface area contributed by atoms with Crippen molar-refractivity contribution < 1.29 is 24.1 Å². The predicted molar refractivity (Wildman–Crippen MR) is 122 cm³/mol. The average Bonchev–Trinajstić information content (AvgIpc) is 3.06. The van der Waals surface area contributed by atoms with Gasteiger partial charge in [-0.25, -0.2) is 5.01 Å². The standard InChI is InChI=1S/C24H22ClN3O6/c1-14-2-11-19-20(12-14)24(32)27(23(19)31)26(13-21(29)15-3-7-17(25)8-4-15)22(30)16-5-9-18(10-6-16)28(33)34/h3-10,14,19-20H,2,11-13H2,1H3/t14-,19+,20-/m1/s1. The zero-order valence-electron chi connectivity index (χ0n) is 18.3. The SMILES string of the molecule is C[C@@H]1CC[C@@H]2C(=O)N(N(CC(=O)c3ccc(Cl)cc3)C(=O)c3ccc([N+](=O)[O-])cc3)C(=O)[C@@H]2C1. The number of halogens is 1. The number of rotatable bonds is 6. The molecule has 1 heterocycles. The van der Waals surface area contributed by atoms with Crippen molar-refractivity contribution in [2.75, 3.05) is 6.54 Å². The van der Waals surface area contributed by atoms with E-state index in [2.05, 4.69) is 0 Å². The minimum Gasteiger partial charge on any atom is -0.292 e. The van der Waals surface area contributed by atoms with Gasteiger partial charge in [0.25, 0.3) is 23.4 Å². The number of hydrazine groups is 1. The molecule has 0 aromatic heterocycles.